The van der Waals surface area contributed by atoms with E-state index < -0.39 is 10.0 Å². The maximum Gasteiger partial charge on any atom is 0.261 e. The van der Waals surface area contributed by atoms with E-state index in [1.165, 1.54) is 19.1 Å². The van der Waals surface area contributed by atoms with E-state index in [9.17, 15) is 13.2 Å². The molecule has 0 fully saturated rings. The third-order valence-electron chi connectivity index (χ3n) is 3.97. The minimum atomic E-state index is -3.76. The highest BCUT2D eigenvalue weighted by Gasteiger charge is 2.15. The van der Waals surface area contributed by atoms with Crippen LogP contribution in [0.4, 0.5) is 5.69 Å². The number of ketones is 1. The molecule has 3 aromatic carbocycles. The normalized spacial score (nSPS) is 10.9. The maximum atomic E-state index is 12.6. The highest BCUT2D eigenvalue weighted by Crippen LogP contribution is 2.31. The molecule has 0 aromatic heterocycles. The third-order valence-corrected chi connectivity index (χ3v) is 5.37. The van der Waals surface area contributed by atoms with Gasteiger partial charge in [0.1, 0.15) is 5.75 Å². The van der Waals surface area contributed by atoms with E-state index in [4.69, 9.17) is 9.47 Å². The molecule has 0 aliphatic rings. The lowest BCUT2D eigenvalue weighted by molar-refractivity contribution is 0.101. The highest BCUT2D eigenvalue weighted by atomic mass is 32.2. The zero-order valence-corrected chi connectivity index (χ0v) is 16.2. The van der Waals surface area contributed by atoms with Crippen LogP contribution < -0.4 is 14.2 Å². The van der Waals surface area contributed by atoms with Gasteiger partial charge in [-0.15, -0.1) is 0 Å². The number of carbonyl (C=O) groups is 1. The molecule has 28 heavy (non-hydrogen) atoms. The van der Waals surface area contributed by atoms with Gasteiger partial charge in [-0.1, -0.05) is 12.1 Å². The van der Waals surface area contributed by atoms with Crippen molar-refractivity contribution in [3.05, 3.63) is 78.4 Å². The standard InChI is InChI=1S/C21H19NO5S/c1-15(23)16-7-9-17(10-8-16)22-28(24,25)19-13-11-18(12-14-19)27-21-6-4-3-5-20(21)26-2/h3-14,22H,1-2H3. The molecule has 0 saturated heterocycles. The SMILES string of the molecule is COc1ccccc1Oc1ccc(S(=O)(=O)Nc2ccc(C(C)=O)cc2)cc1. The van der Waals surface area contributed by atoms with E-state index in [1.807, 2.05) is 12.1 Å². The first-order chi connectivity index (χ1) is 13.4. The maximum absolute atomic E-state index is 12.6. The number of carbonyl (C=O) groups excluding carboxylic acids is 1. The van der Waals surface area contributed by atoms with Gasteiger partial charge in [-0.2, -0.15) is 0 Å². The van der Waals surface area contributed by atoms with Crippen LogP contribution in [0.3, 0.4) is 0 Å². The van der Waals surface area contributed by atoms with Gasteiger partial charge in [0.15, 0.2) is 17.3 Å². The van der Waals surface area contributed by atoms with Gasteiger partial charge >= 0.3 is 0 Å². The Hall–Kier alpha value is -3.32. The zero-order valence-electron chi connectivity index (χ0n) is 15.4. The van der Waals surface area contributed by atoms with Crippen LogP contribution in [0.25, 0.3) is 0 Å². The van der Waals surface area contributed by atoms with Crippen LogP contribution in [0.1, 0.15) is 17.3 Å². The second-order valence-electron chi connectivity index (χ2n) is 5.96. The summed E-state index contributed by atoms with van der Waals surface area (Å²) < 4.78 is 38.6. The first-order valence-electron chi connectivity index (χ1n) is 8.44. The van der Waals surface area contributed by atoms with Crippen molar-refractivity contribution in [2.75, 3.05) is 11.8 Å². The molecule has 0 aliphatic carbocycles. The Morgan fingerprint density at radius 3 is 2.04 bits per heavy atom. The summed E-state index contributed by atoms with van der Waals surface area (Å²) in [6.45, 7) is 1.45. The first-order valence-corrected chi connectivity index (χ1v) is 9.92. The minimum absolute atomic E-state index is 0.0833. The molecule has 0 aliphatic heterocycles. The fourth-order valence-corrected chi connectivity index (χ4v) is 3.56. The number of nitrogens with one attached hydrogen (secondary N) is 1. The van der Waals surface area contributed by atoms with Gasteiger partial charge in [0.25, 0.3) is 10.0 Å². The smallest absolute Gasteiger partial charge is 0.261 e. The second-order valence-corrected chi connectivity index (χ2v) is 7.65. The van der Waals surface area contributed by atoms with Gasteiger partial charge in [0.05, 0.1) is 12.0 Å². The monoisotopic (exact) mass is 397 g/mol. The lowest BCUT2D eigenvalue weighted by Gasteiger charge is -2.11. The number of benzene rings is 3. The fraction of sp³-hybridized carbons (Fsp3) is 0.0952. The summed E-state index contributed by atoms with van der Waals surface area (Å²) in [5, 5.41) is 0. The number of sulfonamides is 1. The van der Waals surface area contributed by atoms with E-state index >= 15 is 0 Å². The number of rotatable bonds is 7. The molecule has 0 saturated carbocycles. The van der Waals surface area contributed by atoms with Gasteiger partial charge in [-0.25, -0.2) is 8.42 Å². The molecule has 3 rings (SSSR count). The van der Waals surface area contributed by atoms with E-state index in [0.29, 0.717) is 28.5 Å². The number of anilines is 1. The van der Waals surface area contributed by atoms with Crippen LogP contribution in [-0.4, -0.2) is 21.3 Å². The van der Waals surface area contributed by atoms with Crippen molar-refractivity contribution < 1.29 is 22.7 Å². The molecule has 0 unspecified atom stereocenters. The van der Waals surface area contributed by atoms with Crippen LogP contribution >= 0.6 is 0 Å². The molecular weight excluding hydrogens is 378 g/mol. The van der Waals surface area contributed by atoms with Gasteiger partial charge in [0.2, 0.25) is 0 Å². The predicted octanol–water partition coefficient (Wildman–Crippen LogP) is 4.49. The van der Waals surface area contributed by atoms with Gasteiger partial charge < -0.3 is 9.47 Å². The largest absolute Gasteiger partial charge is 0.493 e. The lowest BCUT2D eigenvalue weighted by atomic mass is 10.1. The summed E-state index contributed by atoms with van der Waals surface area (Å²) in [7, 11) is -2.22. The summed E-state index contributed by atoms with van der Waals surface area (Å²) >= 11 is 0. The lowest BCUT2D eigenvalue weighted by Crippen LogP contribution is -2.12. The van der Waals surface area contributed by atoms with E-state index in [0.717, 1.165) is 0 Å². The summed E-state index contributed by atoms with van der Waals surface area (Å²) in [5.74, 6) is 1.51. The third kappa shape index (κ3) is 4.50. The molecule has 0 amide bonds. The van der Waals surface area contributed by atoms with E-state index in [-0.39, 0.29) is 10.7 Å². The summed E-state index contributed by atoms with van der Waals surface area (Å²) in [4.78, 5) is 11.4. The molecule has 0 spiro atoms. The van der Waals surface area contributed by atoms with Crippen molar-refractivity contribution in [3.63, 3.8) is 0 Å². The Balaban J connectivity index is 1.75. The molecule has 0 heterocycles. The Morgan fingerprint density at radius 1 is 0.857 bits per heavy atom. The molecule has 1 N–H and O–H groups in total. The Bertz CT molecular complexity index is 1070. The molecule has 3 aromatic rings. The Labute approximate surface area is 163 Å². The first kappa shape index (κ1) is 19.4. The fourth-order valence-electron chi connectivity index (χ4n) is 2.50. The molecular formula is C21H19NO5S. The molecule has 6 nitrogen and oxygen atoms in total. The summed E-state index contributed by atoms with van der Waals surface area (Å²) in [6.07, 6.45) is 0. The van der Waals surface area contributed by atoms with Crippen LogP contribution in [0, 0.1) is 0 Å². The summed E-state index contributed by atoms with van der Waals surface area (Å²) in [5.41, 5.74) is 0.889. The van der Waals surface area contributed by atoms with E-state index in [1.54, 1.807) is 55.6 Å². The van der Waals surface area contributed by atoms with Crippen molar-refractivity contribution in [2.45, 2.75) is 11.8 Å². The van der Waals surface area contributed by atoms with Gasteiger partial charge in [0, 0.05) is 11.3 Å². The minimum Gasteiger partial charge on any atom is -0.493 e. The quantitative estimate of drug-likeness (QED) is 0.594. The number of hydrogen-bond donors (Lipinski definition) is 1. The Morgan fingerprint density at radius 2 is 1.46 bits per heavy atom. The number of hydrogen-bond acceptors (Lipinski definition) is 5. The molecule has 144 valence electrons. The average molecular weight is 397 g/mol. The van der Waals surface area contributed by atoms with Gasteiger partial charge in [-0.05, 0) is 67.6 Å². The van der Waals surface area contributed by atoms with Crippen LogP contribution in [0.15, 0.2) is 77.7 Å². The average Bonchev–Trinajstić information content (AvgIpc) is 2.69. The van der Waals surface area contributed by atoms with E-state index in [2.05, 4.69) is 4.72 Å². The zero-order chi connectivity index (χ0) is 20.1. The number of Topliss-reactive ketones (excluding diaryl/α,β-unsaturated/α-hetero) is 1. The highest BCUT2D eigenvalue weighted by molar-refractivity contribution is 7.92. The molecule has 0 bridgehead atoms. The van der Waals surface area contributed by atoms with Gasteiger partial charge in [-0.3, -0.25) is 9.52 Å². The number of para-hydroxylation sites is 2. The Kier molecular flexibility index (Phi) is 5.65. The van der Waals surface area contributed by atoms with Crippen molar-refractivity contribution >= 4 is 21.5 Å². The van der Waals surface area contributed by atoms with Crippen molar-refractivity contribution in [1.29, 1.82) is 0 Å². The second kappa shape index (κ2) is 8.14. The van der Waals surface area contributed by atoms with Crippen molar-refractivity contribution in [2.24, 2.45) is 0 Å². The summed E-state index contributed by atoms with van der Waals surface area (Å²) in [6, 6.07) is 19.5. The van der Waals surface area contributed by atoms with Crippen molar-refractivity contribution in [1.82, 2.24) is 0 Å². The van der Waals surface area contributed by atoms with Crippen LogP contribution in [-0.2, 0) is 10.0 Å². The number of methoxy groups -OCH3 is 1. The van der Waals surface area contributed by atoms with Crippen molar-refractivity contribution in [3.8, 4) is 17.2 Å². The number of ether oxygens (including phenoxy) is 2. The molecule has 0 atom stereocenters. The predicted molar refractivity (Wildman–Crippen MR) is 107 cm³/mol. The van der Waals surface area contributed by atoms with Crippen LogP contribution in [0.5, 0.6) is 17.2 Å². The topological polar surface area (TPSA) is 81.7 Å². The molecule has 7 heteroatoms. The molecule has 0 radical (unpaired) electrons. The van der Waals surface area contributed by atoms with Crippen LogP contribution in [0.2, 0.25) is 0 Å².